The summed E-state index contributed by atoms with van der Waals surface area (Å²) in [5.41, 5.74) is 1.54. The van der Waals surface area contributed by atoms with Gasteiger partial charge >= 0.3 is 0 Å². The molecule has 2 heterocycles. The van der Waals surface area contributed by atoms with Crippen molar-refractivity contribution >= 4 is 17.2 Å². The predicted octanol–water partition coefficient (Wildman–Crippen LogP) is 3.10. The van der Waals surface area contributed by atoms with Gasteiger partial charge in [-0.2, -0.15) is 11.3 Å². The Morgan fingerprint density at radius 1 is 1.56 bits per heavy atom. The van der Waals surface area contributed by atoms with Crippen LogP contribution in [0.4, 0.5) is 0 Å². The van der Waals surface area contributed by atoms with Crippen molar-refractivity contribution < 1.29 is 9.32 Å². The molecule has 96 valence electrons. The third kappa shape index (κ3) is 2.98. The zero-order chi connectivity index (χ0) is 13.0. The van der Waals surface area contributed by atoms with E-state index in [-0.39, 0.29) is 5.91 Å². The lowest BCUT2D eigenvalue weighted by Gasteiger charge is -2.20. The fourth-order valence-corrected chi connectivity index (χ4v) is 2.41. The largest absolute Gasteiger partial charge is 0.361 e. The standard InChI is InChI=1S/C13H16N2O2S/c1-3-5-15(8-11-4-6-18-9-11)13(16)12-7-10(2)17-14-12/h4,6-7,9H,3,5,8H2,1-2H3. The average molecular weight is 264 g/mol. The topological polar surface area (TPSA) is 46.3 Å². The molecular weight excluding hydrogens is 248 g/mol. The van der Waals surface area contributed by atoms with Gasteiger partial charge in [0.15, 0.2) is 5.69 Å². The number of rotatable bonds is 5. The molecule has 2 aromatic heterocycles. The predicted molar refractivity (Wildman–Crippen MR) is 70.6 cm³/mol. The molecule has 0 aromatic carbocycles. The number of aromatic nitrogens is 1. The molecule has 18 heavy (non-hydrogen) atoms. The Kier molecular flexibility index (Phi) is 4.15. The molecule has 2 aromatic rings. The summed E-state index contributed by atoms with van der Waals surface area (Å²) in [6.07, 6.45) is 0.923. The molecule has 0 radical (unpaired) electrons. The number of hydrogen-bond acceptors (Lipinski definition) is 4. The molecule has 0 aliphatic rings. The van der Waals surface area contributed by atoms with Gasteiger partial charge in [-0.25, -0.2) is 0 Å². The molecule has 0 unspecified atom stereocenters. The van der Waals surface area contributed by atoms with Crippen LogP contribution in [0.2, 0.25) is 0 Å². The summed E-state index contributed by atoms with van der Waals surface area (Å²) in [6, 6.07) is 3.72. The quantitative estimate of drug-likeness (QED) is 0.833. The summed E-state index contributed by atoms with van der Waals surface area (Å²) in [5, 5.41) is 7.86. The highest BCUT2D eigenvalue weighted by Crippen LogP contribution is 2.13. The number of amides is 1. The van der Waals surface area contributed by atoms with E-state index in [1.165, 1.54) is 0 Å². The lowest BCUT2D eigenvalue weighted by molar-refractivity contribution is 0.0733. The molecule has 0 aliphatic carbocycles. The minimum atomic E-state index is -0.0695. The van der Waals surface area contributed by atoms with E-state index in [0.717, 1.165) is 18.5 Å². The lowest BCUT2D eigenvalue weighted by Crippen LogP contribution is -2.31. The van der Waals surface area contributed by atoms with Crippen LogP contribution in [-0.2, 0) is 6.54 Å². The molecule has 2 rings (SSSR count). The molecule has 5 heteroatoms. The summed E-state index contributed by atoms with van der Waals surface area (Å²) in [5.74, 6) is 0.588. The smallest absolute Gasteiger partial charge is 0.276 e. The van der Waals surface area contributed by atoms with Crippen LogP contribution in [0.25, 0.3) is 0 Å². The number of nitrogens with zero attached hydrogens (tertiary/aromatic N) is 2. The Hall–Kier alpha value is -1.62. The van der Waals surface area contributed by atoms with Gasteiger partial charge in [0.05, 0.1) is 0 Å². The number of thiophene rings is 1. The van der Waals surface area contributed by atoms with Crippen LogP contribution in [0.3, 0.4) is 0 Å². The Bertz CT molecular complexity index is 505. The van der Waals surface area contributed by atoms with Crippen molar-refractivity contribution in [1.82, 2.24) is 10.1 Å². The van der Waals surface area contributed by atoms with Crippen LogP contribution in [0.1, 0.15) is 35.2 Å². The normalized spacial score (nSPS) is 10.6. The van der Waals surface area contributed by atoms with Gasteiger partial charge in [0.1, 0.15) is 5.76 Å². The molecule has 0 bridgehead atoms. The minimum absolute atomic E-state index is 0.0695. The molecule has 0 saturated carbocycles. The second kappa shape index (κ2) is 5.82. The van der Waals surface area contributed by atoms with Gasteiger partial charge in [0, 0.05) is 19.2 Å². The van der Waals surface area contributed by atoms with E-state index in [1.54, 1.807) is 29.2 Å². The van der Waals surface area contributed by atoms with Crippen LogP contribution < -0.4 is 0 Å². The minimum Gasteiger partial charge on any atom is -0.361 e. The van der Waals surface area contributed by atoms with Gasteiger partial charge in [0.2, 0.25) is 0 Å². The van der Waals surface area contributed by atoms with Crippen LogP contribution in [0.5, 0.6) is 0 Å². The maximum atomic E-state index is 12.3. The number of carbonyl (C=O) groups is 1. The number of carbonyl (C=O) groups excluding carboxylic acids is 1. The van der Waals surface area contributed by atoms with Gasteiger partial charge in [-0.1, -0.05) is 12.1 Å². The van der Waals surface area contributed by atoms with E-state index in [1.807, 2.05) is 11.4 Å². The lowest BCUT2D eigenvalue weighted by atomic mass is 10.2. The van der Waals surface area contributed by atoms with Crippen LogP contribution in [0.15, 0.2) is 27.4 Å². The van der Waals surface area contributed by atoms with Crippen LogP contribution in [0, 0.1) is 6.92 Å². The molecule has 4 nitrogen and oxygen atoms in total. The summed E-state index contributed by atoms with van der Waals surface area (Å²) < 4.78 is 4.95. The Morgan fingerprint density at radius 3 is 2.94 bits per heavy atom. The van der Waals surface area contributed by atoms with Crippen molar-refractivity contribution in [2.45, 2.75) is 26.8 Å². The van der Waals surface area contributed by atoms with Crippen molar-refractivity contribution in [3.8, 4) is 0 Å². The first-order valence-electron chi connectivity index (χ1n) is 5.94. The van der Waals surface area contributed by atoms with E-state index in [4.69, 9.17) is 4.52 Å². The summed E-state index contributed by atoms with van der Waals surface area (Å²) in [4.78, 5) is 14.1. The number of aryl methyl sites for hydroxylation is 1. The van der Waals surface area contributed by atoms with Crippen LogP contribution in [-0.4, -0.2) is 22.5 Å². The molecule has 0 N–H and O–H groups in total. The second-order valence-corrected chi connectivity index (χ2v) is 4.96. The first-order valence-corrected chi connectivity index (χ1v) is 6.88. The zero-order valence-corrected chi connectivity index (χ0v) is 11.4. The molecule has 0 saturated heterocycles. The first kappa shape index (κ1) is 12.8. The van der Waals surface area contributed by atoms with Crippen molar-refractivity contribution in [1.29, 1.82) is 0 Å². The fraction of sp³-hybridized carbons (Fsp3) is 0.385. The monoisotopic (exact) mass is 264 g/mol. The second-order valence-electron chi connectivity index (χ2n) is 4.18. The molecule has 0 aliphatic heterocycles. The van der Waals surface area contributed by atoms with Gasteiger partial charge in [-0.05, 0) is 35.7 Å². The Balaban J connectivity index is 2.11. The molecule has 0 atom stereocenters. The molecule has 0 fully saturated rings. The van der Waals surface area contributed by atoms with E-state index in [0.29, 0.717) is 18.0 Å². The van der Waals surface area contributed by atoms with Crippen molar-refractivity contribution in [2.75, 3.05) is 6.54 Å². The van der Waals surface area contributed by atoms with Gasteiger partial charge in [-0.3, -0.25) is 4.79 Å². The van der Waals surface area contributed by atoms with E-state index >= 15 is 0 Å². The van der Waals surface area contributed by atoms with Crippen molar-refractivity contribution in [2.24, 2.45) is 0 Å². The third-order valence-corrected chi connectivity index (χ3v) is 3.31. The maximum Gasteiger partial charge on any atom is 0.276 e. The third-order valence-electron chi connectivity index (χ3n) is 2.58. The maximum absolute atomic E-state index is 12.3. The summed E-state index contributed by atoms with van der Waals surface area (Å²) in [6.45, 7) is 5.19. The highest BCUT2D eigenvalue weighted by Gasteiger charge is 2.18. The Morgan fingerprint density at radius 2 is 2.39 bits per heavy atom. The summed E-state index contributed by atoms with van der Waals surface area (Å²) >= 11 is 1.64. The summed E-state index contributed by atoms with van der Waals surface area (Å²) in [7, 11) is 0. The Labute approximate surface area is 110 Å². The van der Waals surface area contributed by atoms with Crippen molar-refractivity contribution in [3.63, 3.8) is 0 Å². The average Bonchev–Trinajstić information content (AvgIpc) is 2.99. The van der Waals surface area contributed by atoms with Crippen molar-refractivity contribution in [3.05, 3.63) is 39.9 Å². The fourth-order valence-electron chi connectivity index (χ4n) is 1.75. The van der Waals surface area contributed by atoms with E-state index in [9.17, 15) is 4.79 Å². The highest BCUT2D eigenvalue weighted by atomic mass is 32.1. The zero-order valence-electron chi connectivity index (χ0n) is 10.5. The van der Waals surface area contributed by atoms with E-state index in [2.05, 4.69) is 17.5 Å². The number of hydrogen-bond donors (Lipinski definition) is 0. The SMILES string of the molecule is CCCN(Cc1ccsc1)C(=O)c1cc(C)on1. The van der Waals surface area contributed by atoms with Crippen LogP contribution >= 0.6 is 11.3 Å². The van der Waals surface area contributed by atoms with E-state index < -0.39 is 0 Å². The highest BCUT2D eigenvalue weighted by molar-refractivity contribution is 7.07. The van der Waals surface area contributed by atoms with Gasteiger partial charge < -0.3 is 9.42 Å². The van der Waals surface area contributed by atoms with Gasteiger partial charge in [-0.15, -0.1) is 0 Å². The first-order chi connectivity index (χ1) is 8.70. The molecule has 1 amide bonds. The molecular formula is C13H16N2O2S. The van der Waals surface area contributed by atoms with Gasteiger partial charge in [0.25, 0.3) is 5.91 Å². The molecule has 0 spiro atoms.